The number of rotatable bonds is 2. The number of benzene rings is 2. The summed E-state index contributed by atoms with van der Waals surface area (Å²) in [6.45, 7) is 10.8. The average Bonchev–Trinajstić information content (AvgIpc) is 2.97. The fourth-order valence-corrected chi connectivity index (χ4v) is 6.00. The van der Waals surface area contributed by atoms with E-state index in [4.69, 9.17) is 0 Å². The van der Waals surface area contributed by atoms with Crippen molar-refractivity contribution < 1.29 is 4.79 Å². The van der Waals surface area contributed by atoms with Crippen molar-refractivity contribution >= 4 is 17.7 Å². The van der Waals surface area contributed by atoms with Gasteiger partial charge >= 0.3 is 0 Å². The van der Waals surface area contributed by atoms with E-state index in [9.17, 15) is 9.59 Å². The van der Waals surface area contributed by atoms with Gasteiger partial charge in [-0.15, -0.1) is 11.8 Å². The number of hydrogen-bond donors (Lipinski definition) is 0. The maximum atomic E-state index is 13.8. The lowest BCUT2D eigenvalue weighted by Gasteiger charge is -2.48. The van der Waals surface area contributed by atoms with Gasteiger partial charge in [-0.3, -0.25) is 19.3 Å². The van der Waals surface area contributed by atoms with Gasteiger partial charge in [0.05, 0.1) is 6.04 Å². The summed E-state index contributed by atoms with van der Waals surface area (Å²) in [5, 5.41) is 2.26. The summed E-state index contributed by atoms with van der Waals surface area (Å²) in [4.78, 5) is 29.6. The van der Waals surface area contributed by atoms with Crippen LogP contribution in [0.15, 0.2) is 70.5 Å². The van der Waals surface area contributed by atoms with E-state index in [0.29, 0.717) is 17.9 Å². The summed E-state index contributed by atoms with van der Waals surface area (Å²) >= 11 is 1.85. The molecule has 0 fully saturated rings. The zero-order chi connectivity index (χ0) is 24.2. The van der Waals surface area contributed by atoms with E-state index < -0.39 is 0 Å². The first kappa shape index (κ1) is 22.8. The molecule has 2 aliphatic heterocycles. The molecule has 1 unspecified atom stereocenters. The van der Waals surface area contributed by atoms with Gasteiger partial charge in [-0.25, -0.2) is 0 Å². The van der Waals surface area contributed by atoms with Crippen LogP contribution < -0.4 is 10.4 Å². The predicted octanol–water partition coefficient (Wildman–Crippen LogP) is 5.34. The Morgan fingerprint density at radius 3 is 2.38 bits per heavy atom. The molecule has 0 N–H and O–H groups in total. The monoisotopic (exact) mass is 473 g/mol. The third-order valence-corrected chi connectivity index (χ3v) is 8.46. The molecule has 176 valence electrons. The first-order valence-corrected chi connectivity index (χ1v) is 12.8. The smallest absolute Gasteiger partial charge is 0.274 e. The van der Waals surface area contributed by atoms with Crippen LogP contribution in [-0.4, -0.2) is 28.2 Å². The predicted molar refractivity (Wildman–Crippen MR) is 138 cm³/mol. The molecule has 2 aromatic carbocycles. The average molecular weight is 474 g/mol. The van der Waals surface area contributed by atoms with E-state index in [1.807, 2.05) is 21.3 Å². The van der Waals surface area contributed by atoms with Gasteiger partial charge in [0.25, 0.3) is 5.91 Å². The molecule has 6 heteroatoms. The van der Waals surface area contributed by atoms with Crippen LogP contribution in [0.1, 0.15) is 66.5 Å². The second-order valence-corrected chi connectivity index (χ2v) is 11.3. The van der Waals surface area contributed by atoms with Crippen molar-refractivity contribution in [3.63, 3.8) is 0 Å². The highest BCUT2D eigenvalue weighted by Gasteiger charge is 2.41. The van der Waals surface area contributed by atoms with E-state index in [1.54, 1.807) is 19.2 Å². The minimum Gasteiger partial charge on any atom is -0.315 e. The van der Waals surface area contributed by atoms with Crippen molar-refractivity contribution in [2.45, 2.75) is 57.4 Å². The summed E-state index contributed by atoms with van der Waals surface area (Å²) in [5.41, 5.74) is 4.48. The minimum atomic E-state index is -0.110. The molecule has 0 spiro atoms. The Balaban J connectivity index is 1.77. The first-order chi connectivity index (χ1) is 16.2. The third kappa shape index (κ3) is 3.65. The maximum absolute atomic E-state index is 13.8. The topological polar surface area (TPSA) is 45.6 Å². The number of hydrogen-bond acceptors (Lipinski definition) is 4. The quantitative estimate of drug-likeness (QED) is 0.504. The molecule has 2 aliphatic rings. The van der Waals surface area contributed by atoms with Crippen molar-refractivity contribution in [2.75, 3.05) is 11.7 Å². The lowest BCUT2D eigenvalue weighted by atomic mass is 9.86. The molecule has 5 nitrogen and oxygen atoms in total. The first-order valence-electron chi connectivity index (χ1n) is 11.8. The van der Waals surface area contributed by atoms with Crippen LogP contribution in [-0.2, 0) is 5.75 Å². The number of nitrogens with zero attached hydrogens (tertiary/aromatic N) is 3. The van der Waals surface area contributed by atoms with E-state index >= 15 is 0 Å². The maximum Gasteiger partial charge on any atom is 0.274 e. The van der Waals surface area contributed by atoms with E-state index in [2.05, 4.69) is 81.2 Å². The van der Waals surface area contributed by atoms with Crippen molar-refractivity contribution in [3.8, 4) is 0 Å². The molecular weight excluding hydrogens is 442 g/mol. The zero-order valence-corrected chi connectivity index (χ0v) is 21.2. The number of aromatic nitrogens is 1. The van der Waals surface area contributed by atoms with Crippen molar-refractivity contribution in [1.82, 2.24) is 9.58 Å². The van der Waals surface area contributed by atoms with E-state index in [0.717, 1.165) is 5.75 Å². The van der Waals surface area contributed by atoms with Crippen molar-refractivity contribution in [3.05, 3.63) is 99.0 Å². The van der Waals surface area contributed by atoms with Gasteiger partial charge in [0.2, 0.25) is 0 Å². The molecular formula is C28H31N3O2S. The summed E-state index contributed by atoms with van der Waals surface area (Å²) in [7, 11) is 0. The van der Waals surface area contributed by atoms with E-state index in [-0.39, 0.29) is 28.8 Å². The SMILES string of the molecule is Cc1c2n(ccc1=O)N(C1c3ccccc3CSc3ccccc31)CN([C@@H](C)C(C)(C)C)C2=O. The van der Waals surface area contributed by atoms with Gasteiger partial charge in [0.1, 0.15) is 12.4 Å². The summed E-state index contributed by atoms with van der Waals surface area (Å²) in [6.07, 6.45) is 1.77. The molecule has 0 saturated carbocycles. The Labute approximate surface area is 205 Å². The molecule has 1 amide bonds. The zero-order valence-electron chi connectivity index (χ0n) is 20.4. The highest BCUT2D eigenvalue weighted by Crippen LogP contribution is 2.43. The molecule has 3 heterocycles. The van der Waals surface area contributed by atoms with Gasteiger partial charge in [-0.05, 0) is 42.0 Å². The molecule has 0 radical (unpaired) electrons. The Hall–Kier alpha value is -2.99. The summed E-state index contributed by atoms with van der Waals surface area (Å²) < 4.78 is 1.93. The molecule has 0 aliphatic carbocycles. The molecule has 34 heavy (non-hydrogen) atoms. The molecule has 0 saturated heterocycles. The van der Waals surface area contributed by atoms with Crippen LogP contribution in [0.5, 0.6) is 0 Å². The minimum absolute atomic E-state index is 0.0170. The van der Waals surface area contributed by atoms with Gasteiger partial charge in [0, 0.05) is 34.5 Å². The highest BCUT2D eigenvalue weighted by molar-refractivity contribution is 7.98. The van der Waals surface area contributed by atoms with Crippen LogP contribution in [0.2, 0.25) is 0 Å². The molecule has 0 bridgehead atoms. The van der Waals surface area contributed by atoms with Crippen LogP contribution in [0, 0.1) is 12.3 Å². The van der Waals surface area contributed by atoms with Gasteiger partial charge in [0.15, 0.2) is 5.43 Å². The van der Waals surface area contributed by atoms with Crippen LogP contribution in [0.4, 0.5) is 0 Å². The number of fused-ring (bicyclic) bond motifs is 3. The van der Waals surface area contributed by atoms with Crippen molar-refractivity contribution in [2.24, 2.45) is 5.41 Å². The van der Waals surface area contributed by atoms with Crippen molar-refractivity contribution in [1.29, 1.82) is 0 Å². The van der Waals surface area contributed by atoms with Crippen LogP contribution >= 0.6 is 11.8 Å². The normalized spacial score (nSPS) is 18.6. The largest absolute Gasteiger partial charge is 0.315 e. The van der Waals surface area contributed by atoms with Gasteiger partial charge < -0.3 is 4.90 Å². The molecule has 3 aromatic rings. The number of thioether (sulfide) groups is 1. The number of amides is 1. The fourth-order valence-electron chi connectivity index (χ4n) is 4.91. The third-order valence-electron chi connectivity index (χ3n) is 7.32. The number of carbonyl (C=O) groups excluding carboxylic acids is 1. The van der Waals surface area contributed by atoms with Crippen LogP contribution in [0.3, 0.4) is 0 Å². The molecule has 5 rings (SSSR count). The lowest BCUT2D eigenvalue weighted by Crippen LogP contribution is -2.60. The lowest BCUT2D eigenvalue weighted by molar-refractivity contribution is 0.0457. The van der Waals surface area contributed by atoms with Gasteiger partial charge in [-0.1, -0.05) is 63.2 Å². The number of carbonyl (C=O) groups is 1. The standard InChI is InChI=1S/C28H31N3O2S/c1-18-23(32)14-15-30-25(18)27(33)29(19(2)28(3,4)5)17-31(30)26-21-11-7-6-10-20(21)16-34-24-13-9-8-12-22(24)26/h6-15,19,26H,16-17H2,1-5H3/t19-,26?/m0/s1. The molecule has 1 aromatic heterocycles. The highest BCUT2D eigenvalue weighted by atomic mass is 32.2. The Bertz CT molecular complexity index is 1280. The fraction of sp³-hybridized carbons (Fsp3) is 0.357. The number of pyridine rings is 1. The Morgan fingerprint density at radius 2 is 1.65 bits per heavy atom. The summed E-state index contributed by atoms with van der Waals surface area (Å²) in [6, 6.07) is 18.6. The summed E-state index contributed by atoms with van der Waals surface area (Å²) in [5.74, 6) is 0.813. The van der Waals surface area contributed by atoms with Crippen LogP contribution in [0.25, 0.3) is 0 Å². The second kappa shape index (κ2) is 8.35. The van der Waals surface area contributed by atoms with E-state index in [1.165, 1.54) is 21.6 Å². The Morgan fingerprint density at radius 1 is 0.971 bits per heavy atom. The van der Waals surface area contributed by atoms with Gasteiger partial charge in [-0.2, -0.15) is 0 Å². The molecule has 2 atom stereocenters. The second-order valence-electron chi connectivity index (χ2n) is 10.3. The Kier molecular flexibility index (Phi) is 5.59.